The smallest absolute Gasteiger partial charge is 0.254 e. The average molecular weight is 392 g/mol. The Balaban J connectivity index is 1.60. The Bertz CT molecular complexity index is 667. The number of hydrogen-bond acceptors (Lipinski definition) is 3. The molecular formula is C16H13IN2O2. The molecule has 0 aromatic heterocycles. The van der Waals surface area contributed by atoms with E-state index in [-0.39, 0.29) is 35.5 Å². The Labute approximate surface area is 136 Å². The van der Waals surface area contributed by atoms with E-state index in [4.69, 9.17) is 0 Å². The number of allylic oxidation sites excluding steroid dienone is 2. The predicted molar refractivity (Wildman–Crippen MR) is 86.3 cm³/mol. The highest BCUT2D eigenvalue weighted by Gasteiger charge is 2.59. The van der Waals surface area contributed by atoms with E-state index in [1.165, 1.54) is 0 Å². The maximum Gasteiger partial charge on any atom is 0.254 e. The van der Waals surface area contributed by atoms with Crippen molar-refractivity contribution in [2.45, 2.75) is 6.42 Å². The average Bonchev–Trinajstić information content (AvgIpc) is 3.12. The number of amides is 2. The van der Waals surface area contributed by atoms with Crippen molar-refractivity contribution in [3.63, 3.8) is 0 Å². The Hall–Kier alpha value is -1.50. The minimum atomic E-state index is -0.180. The molecule has 21 heavy (non-hydrogen) atoms. The molecule has 1 aliphatic heterocycles. The summed E-state index contributed by atoms with van der Waals surface area (Å²) in [5.74, 6) is -0.169. The monoisotopic (exact) mass is 392 g/mol. The summed E-state index contributed by atoms with van der Waals surface area (Å²) < 4.78 is 1.09. The zero-order valence-electron chi connectivity index (χ0n) is 11.1. The summed E-state index contributed by atoms with van der Waals surface area (Å²) in [5.41, 5.74) is 0.889. The van der Waals surface area contributed by atoms with Crippen LogP contribution in [-0.4, -0.2) is 23.0 Å². The summed E-state index contributed by atoms with van der Waals surface area (Å²) in [5, 5.41) is 5.24. The van der Waals surface area contributed by atoms with E-state index in [2.05, 4.69) is 39.8 Å². The quantitative estimate of drug-likeness (QED) is 0.336. The van der Waals surface area contributed by atoms with Crippen molar-refractivity contribution in [3.8, 4) is 0 Å². The standard InChI is InChI=1S/C16H13IN2O2/c17-12-3-1-2-9(6-12)8-18-19-15(20)13-10-4-5-11(7-10)14(13)16(19)21/h1-6,8,10-11,13-14H,7H2/b18-8-/t10-,11-,13+,14+/m0/s1. The molecule has 5 heteroatoms. The van der Waals surface area contributed by atoms with Crippen molar-refractivity contribution >= 4 is 40.6 Å². The van der Waals surface area contributed by atoms with Crippen molar-refractivity contribution in [2.75, 3.05) is 0 Å². The van der Waals surface area contributed by atoms with E-state index < -0.39 is 0 Å². The van der Waals surface area contributed by atoms with Gasteiger partial charge in [0.1, 0.15) is 0 Å². The Morgan fingerprint density at radius 3 is 2.43 bits per heavy atom. The first-order chi connectivity index (χ1) is 10.1. The molecule has 0 spiro atoms. The lowest BCUT2D eigenvalue weighted by molar-refractivity contribution is -0.140. The van der Waals surface area contributed by atoms with E-state index in [1.54, 1.807) is 6.21 Å². The molecule has 1 aromatic rings. The highest BCUT2D eigenvalue weighted by atomic mass is 127. The largest absolute Gasteiger partial charge is 0.272 e. The van der Waals surface area contributed by atoms with Crippen LogP contribution in [0.4, 0.5) is 0 Å². The summed E-state index contributed by atoms with van der Waals surface area (Å²) in [4.78, 5) is 24.9. The molecule has 1 saturated heterocycles. The van der Waals surface area contributed by atoms with Gasteiger partial charge in [-0.25, -0.2) is 0 Å². The molecule has 1 aromatic carbocycles. The molecule has 2 bridgehead atoms. The number of hydrogen-bond donors (Lipinski definition) is 0. The minimum absolute atomic E-state index is 0.135. The van der Waals surface area contributed by atoms with E-state index in [1.807, 2.05) is 24.3 Å². The molecule has 4 rings (SSSR count). The van der Waals surface area contributed by atoms with Crippen LogP contribution in [0.5, 0.6) is 0 Å². The molecule has 4 nitrogen and oxygen atoms in total. The van der Waals surface area contributed by atoms with Gasteiger partial charge >= 0.3 is 0 Å². The second-order valence-corrected chi connectivity index (χ2v) is 7.03. The molecule has 3 aliphatic rings. The number of rotatable bonds is 2. The van der Waals surface area contributed by atoms with Gasteiger partial charge < -0.3 is 0 Å². The number of carbonyl (C=O) groups excluding carboxylic acids is 2. The van der Waals surface area contributed by atoms with Crippen LogP contribution in [0.15, 0.2) is 41.5 Å². The van der Waals surface area contributed by atoms with Gasteiger partial charge in [-0.15, -0.1) is 0 Å². The minimum Gasteiger partial charge on any atom is -0.272 e. The van der Waals surface area contributed by atoms with Crippen molar-refractivity contribution in [1.82, 2.24) is 5.01 Å². The number of hydrazone groups is 1. The van der Waals surface area contributed by atoms with Crippen molar-refractivity contribution < 1.29 is 9.59 Å². The van der Waals surface area contributed by atoms with Gasteiger partial charge in [-0.1, -0.05) is 24.3 Å². The van der Waals surface area contributed by atoms with E-state index in [0.717, 1.165) is 20.6 Å². The van der Waals surface area contributed by atoms with Gasteiger partial charge in [-0.2, -0.15) is 10.1 Å². The summed E-state index contributed by atoms with van der Waals surface area (Å²) in [6.45, 7) is 0. The maximum absolute atomic E-state index is 12.4. The molecule has 2 amide bonds. The molecule has 4 atom stereocenters. The third-order valence-electron chi connectivity index (χ3n) is 4.62. The van der Waals surface area contributed by atoms with Crippen LogP contribution in [0.25, 0.3) is 0 Å². The fourth-order valence-corrected chi connectivity index (χ4v) is 4.28. The van der Waals surface area contributed by atoms with Crippen LogP contribution in [0.1, 0.15) is 12.0 Å². The summed E-state index contributed by atoms with van der Waals surface area (Å²) >= 11 is 2.22. The maximum atomic E-state index is 12.4. The van der Waals surface area contributed by atoms with Gasteiger partial charge in [0.05, 0.1) is 18.1 Å². The Morgan fingerprint density at radius 2 is 1.81 bits per heavy atom. The molecule has 1 heterocycles. The number of halogens is 1. The second kappa shape index (κ2) is 4.76. The van der Waals surface area contributed by atoms with Gasteiger partial charge in [0.15, 0.2) is 0 Å². The first kappa shape index (κ1) is 13.2. The molecule has 0 N–H and O–H groups in total. The third-order valence-corrected chi connectivity index (χ3v) is 5.29. The van der Waals surface area contributed by atoms with Crippen molar-refractivity contribution in [3.05, 3.63) is 45.6 Å². The summed E-state index contributed by atoms with van der Waals surface area (Å²) in [6.07, 6.45) is 6.71. The first-order valence-corrected chi connectivity index (χ1v) is 8.09. The number of fused-ring (bicyclic) bond motifs is 5. The normalized spacial score (nSPS) is 33.5. The van der Waals surface area contributed by atoms with E-state index >= 15 is 0 Å². The molecular weight excluding hydrogens is 379 g/mol. The van der Waals surface area contributed by atoms with Gasteiger partial charge in [0.2, 0.25) is 0 Å². The van der Waals surface area contributed by atoms with Crippen molar-refractivity contribution in [2.24, 2.45) is 28.8 Å². The van der Waals surface area contributed by atoms with Crippen LogP contribution in [0, 0.1) is 27.2 Å². The Kier molecular flexibility index (Phi) is 2.99. The molecule has 0 unspecified atom stereocenters. The topological polar surface area (TPSA) is 49.7 Å². The summed E-state index contributed by atoms with van der Waals surface area (Å²) in [6, 6.07) is 7.78. The number of carbonyl (C=O) groups is 2. The number of benzene rings is 1. The van der Waals surface area contributed by atoms with Crippen molar-refractivity contribution in [1.29, 1.82) is 0 Å². The SMILES string of the molecule is O=C1[C@H]2[C@H](C(=O)N1/N=C\c1cccc(I)c1)[C@H]1C=C[C@H]2C1. The highest BCUT2D eigenvalue weighted by molar-refractivity contribution is 14.1. The van der Waals surface area contributed by atoms with Crippen LogP contribution in [0.3, 0.4) is 0 Å². The van der Waals surface area contributed by atoms with Gasteiger partial charge in [0.25, 0.3) is 11.8 Å². The van der Waals surface area contributed by atoms with Gasteiger partial charge in [-0.3, -0.25) is 9.59 Å². The molecule has 1 saturated carbocycles. The van der Waals surface area contributed by atoms with Crippen LogP contribution in [0.2, 0.25) is 0 Å². The molecule has 2 aliphatic carbocycles. The van der Waals surface area contributed by atoms with E-state index in [9.17, 15) is 9.59 Å². The number of nitrogens with zero attached hydrogens (tertiary/aromatic N) is 2. The van der Waals surface area contributed by atoms with Crippen LogP contribution >= 0.6 is 22.6 Å². The predicted octanol–water partition coefficient (Wildman–Crippen LogP) is 2.43. The number of imide groups is 1. The third kappa shape index (κ3) is 1.97. The van der Waals surface area contributed by atoms with Gasteiger partial charge in [0, 0.05) is 3.57 Å². The fourth-order valence-electron chi connectivity index (χ4n) is 3.71. The highest BCUT2D eigenvalue weighted by Crippen LogP contribution is 2.52. The van der Waals surface area contributed by atoms with E-state index in [0.29, 0.717) is 0 Å². The molecule has 2 fully saturated rings. The lowest BCUT2D eigenvalue weighted by Crippen LogP contribution is -2.28. The lowest BCUT2D eigenvalue weighted by Gasteiger charge is -2.13. The summed E-state index contributed by atoms with van der Waals surface area (Å²) in [7, 11) is 0. The molecule has 0 radical (unpaired) electrons. The zero-order valence-corrected chi connectivity index (χ0v) is 13.3. The zero-order chi connectivity index (χ0) is 14.6. The first-order valence-electron chi connectivity index (χ1n) is 7.01. The second-order valence-electron chi connectivity index (χ2n) is 5.79. The van der Waals surface area contributed by atoms with Crippen LogP contribution in [-0.2, 0) is 9.59 Å². The molecule has 106 valence electrons. The lowest BCUT2D eigenvalue weighted by atomic mass is 9.85. The fraction of sp³-hybridized carbons (Fsp3) is 0.312. The van der Waals surface area contributed by atoms with Crippen LogP contribution < -0.4 is 0 Å². The van der Waals surface area contributed by atoms with Gasteiger partial charge in [-0.05, 0) is 58.5 Å². The Morgan fingerprint density at radius 1 is 1.14 bits per heavy atom.